The van der Waals surface area contributed by atoms with Crippen molar-refractivity contribution >= 4 is 0 Å². The molecule has 5 nitrogen and oxygen atoms in total. The van der Waals surface area contributed by atoms with Crippen molar-refractivity contribution in [3.8, 4) is 0 Å². The van der Waals surface area contributed by atoms with Crippen molar-refractivity contribution in [2.75, 3.05) is 0 Å². The third-order valence-corrected chi connectivity index (χ3v) is 2.83. The molecule has 0 aromatic carbocycles. The Morgan fingerprint density at radius 3 is 3.00 bits per heavy atom. The van der Waals surface area contributed by atoms with Gasteiger partial charge in [-0.2, -0.15) is 0 Å². The first-order valence-electron chi connectivity index (χ1n) is 5.91. The molecule has 0 fully saturated rings. The van der Waals surface area contributed by atoms with Gasteiger partial charge in [-0.15, -0.1) is 10.2 Å². The van der Waals surface area contributed by atoms with Crippen molar-refractivity contribution in [3.05, 3.63) is 42.0 Å². The summed E-state index contributed by atoms with van der Waals surface area (Å²) in [5, 5.41) is 11.2. The minimum atomic E-state index is -0.321. The second-order valence-electron chi connectivity index (χ2n) is 4.07. The highest BCUT2D eigenvalue weighted by atomic mass is 19.1. The Morgan fingerprint density at radius 2 is 2.28 bits per heavy atom. The summed E-state index contributed by atoms with van der Waals surface area (Å²) in [7, 11) is 0. The molecule has 0 spiro atoms. The molecule has 96 valence electrons. The van der Waals surface area contributed by atoms with E-state index in [1.54, 1.807) is 12.5 Å². The molecule has 0 aliphatic heterocycles. The molecular formula is C12H16FN5. The molecule has 18 heavy (non-hydrogen) atoms. The van der Waals surface area contributed by atoms with Crippen LogP contribution in [0, 0.1) is 5.82 Å². The van der Waals surface area contributed by atoms with E-state index in [2.05, 4.69) is 20.5 Å². The summed E-state index contributed by atoms with van der Waals surface area (Å²) in [6.45, 7) is 5.42. The Morgan fingerprint density at radius 1 is 1.44 bits per heavy atom. The molecule has 2 aromatic rings. The number of nitrogens with one attached hydrogen (secondary N) is 1. The van der Waals surface area contributed by atoms with Gasteiger partial charge in [-0.1, -0.05) is 0 Å². The number of hydrogen-bond acceptors (Lipinski definition) is 4. The van der Waals surface area contributed by atoms with E-state index in [0.29, 0.717) is 6.54 Å². The average Bonchev–Trinajstić information content (AvgIpc) is 2.83. The normalized spacial score (nSPS) is 12.6. The second-order valence-corrected chi connectivity index (χ2v) is 4.07. The Hall–Kier alpha value is -1.82. The Balaban J connectivity index is 1.98. The van der Waals surface area contributed by atoms with Crippen LogP contribution in [0.15, 0.2) is 24.8 Å². The van der Waals surface area contributed by atoms with Crippen LogP contribution < -0.4 is 5.32 Å². The summed E-state index contributed by atoms with van der Waals surface area (Å²) in [5.41, 5.74) is 0.817. The molecule has 0 aliphatic rings. The quantitative estimate of drug-likeness (QED) is 0.876. The minimum Gasteiger partial charge on any atom is -0.317 e. The fourth-order valence-corrected chi connectivity index (χ4v) is 1.71. The van der Waals surface area contributed by atoms with Gasteiger partial charge in [0.25, 0.3) is 0 Å². The van der Waals surface area contributed by atoms with Gasteiger partial charge in [0.2, 0.25) is 0 Å². The topological polar surface area (TPSA) is 55.6 Å². The highest BCUT2D eigenvalue weighted by Crippen LogP contribution is 2.12. The van der Waals surface area contributed by atoms with Crippen molar-refractivity contribution in [2.24, 2.45) is 0 Å². The molecule has 0 aliphatic carbocycles. The summed E-state index contributed by atoms with van der Waals surface area (Å²) in [5.74, 6) is 0.548. The van der Waals surface area contributed by atoms with Crippen LogP contribution in [0.3, 0.4) is 0 Å². The zero-order valence-corrected chi connectivity index (χ0v) is 10.5. The number of aryl methyl sites for hydroxylation is 1. The van der Waals surface area contributed by atoms with Gasteiger partial charge in [0.05, 0.1) is 12.7 Å². The van der Waals surface area contributed by atoms with Gasteiger partial charge in [-0.3, -0.25) is 4.98 Å². The first kappa shape index (κ1) is 12.6. The molecular weight excluding hydrogens is 233 g/mol. The number of aromatic nitrogens is 4. The van der Waals surface area contributed by atoms with Crippen LogP contribution in [0.2, 0.25) is 0 Å². The molecule has 1 atom stereocenters. The summed E-state index contributed by atoms with van der Waals surface area (Å²) in [4.78, 5) is 3.84. The molecule has 0 radical (unpaired) electrons. The molecule has 2 heterocycles. The van der Waals surface area contributed by atoms with E-state index in [0.717, 1.165) is 17.9 Å². The number of pyridine rings is 1. The van der Waals surface area contributed by atoms with E-state index in [1.807, 2.05) is 18.4 Å². The third-order valence-electron chi connectivity index (χ3n) is 2.83. The van der Waals surface area contributed by atoms with Gasteiger partial charge < -0.3 is 9.88 Å². The highest BCUT2D eigenvalue weighted by Gasteiger charge is 2.08. The second kappa shape index (κ2) is 5.68. The molecule has 0 bridgehead atoms. The summed E-state index contributed by atoms with van der Waals surface area (Å²) < 4.78 is 15.0. The summed E-state index contributed by atoms with van der Waals surface area (Å²) in [6.07, 6.45) is 4.56. The molecule has 1 unspecified atom stereocenters. The monoisotopic (exact) mass is 249 g/mol. The van der Waals surface area contributed by atoms with Crippen molar-refractivity contribution in [1.82, 2.24) is 25.1 Å². The molecule has 6 heteroatoms. The molecule has 2 rings (SSSR count). The van der Waals surface area contributed by atoms with Gasteiger partial charge in [0, 0.05) is 18.8 Å². The van der Waals surface area contributed by atoms with Gasteiger partial charge in [0.1, 0.15) is 18.0 Å². The average molecular weight is 249 g/mol. The van der Waals surface area contributed by atoms with E-state index < -0.39 is 0 Å². The maximum Gasteiger partial charge on any atom is 0.146 e. The molecule has 0 saturated carbocycles. The first-order valence-corrected chi connectivity index (χ1v) is 5.91. The molecule has 0 amide bonds. The van der Waals surface area contributed by atoms with E-state index in [9.17, 15) is 4.39 Å². The van der Waals surface area contributed by atoms with Crippen LogP contribution >= 0.6 is 0 Å². The van der Waals surface area contributed by atoms with Crippen molar-refractivity contribution in [1.29, 1.82) is 0 Å². The van der Waals surface area contributed by atoms with E-state index in [1.165, 1.54) is 12.3 Å². The van der Waals surface area contributed by atoms with Crippen LogP contribution in [0.4, 0.5) is 4.39 Å². The zero-order valence-electron chi connectivity index (χ0n) is 10.5. The zero-order chi connectivity index (χ0) is 13.0. The lowest BCUT2D eigenvalue weighted by Crippen LogP contribution is -2.20. The molecule has 1 N–H and O–H groups in total. The van der Waals surface area contributed by atoms with Crippen LogP contribution in [-0.2, 0) is 13.1 Å². The fraction of sp³-hybridized carbons (Fsp3) is 0.417. The van der Waals surface area contributed by atoms with E-state index in [-0.39, 0.29) is 11.9 Å². The van der Waals surface area contributed by atoms with Gasteiger partial charge in [0.15, 0.2) is 0 Å². The van der Waals surface area contributed by atoms with Crippen LogP contribution in [-0.4, -0.2) is 19.7 Å². The van der Waals surface area contributed by atoms with E-state index >= 15 is 0 Å². The molecule has 0 saturated heterocycles. The van der Waals surface area contributed by atoms with E-state index in [4.69, 9.17) is 0 Å². The van der Waals surface area contributed by atoms with Crippen molar-refractivity contribution in [2.45, 2.75) is 33.0 Å². The summed E-state index contributed by atoms with van der Waals surface area (Å²) >= 11 is 0. The Bertz CT molecular complexity index is 511. The lowest BCUT2D eigenvalue weighted by molar-refractivity contribution is 0.532. The number of rotatable bonds is 5. The van der Waals surface area contributed by atoms with Gasteiger partial charge in [-0.25, -0.2) is 4.39 Å². The summed E-state index contributed by atoms with van der Waals surface area (Å²) in [6, 6.07) is 1.49. The predicted octanol–water partition coefficient (Wildman–Crippen LogP) is 1.68. The lowest BCUT2D eigenvalue weighted by Gasteiger charge is -2.13. The van der Waals surface area contributed by atoms with Gasteiger partial charge in [-0.05, 0) is 25.5 Å². The van der Waals surface area contributed by atoms with Gasteiger partial charge >= 0.3 is 0 Å². The first-order chi connectivity index (χ1) is 8.70. The maximum absolute atomic E-state index is 13.0. The lowest BCUT2D eigenvalue weighted by atomic mass is 10.1. The smallest absolute Gasteiger partial charge is 0.146 e. The fourth-order valence-electron chi connectivity index (χ4n) is 1.71. The SMILES string of the molecule is CCn1cnnc1CNC(C)c1cncc(F)c1. The van der Waals surface area contributed by atoms with Crippen LogP contribution in [0.5, 0.6) is 0 Å². The predicted molar refractivity (Wildman–Crippen MR) is 65.1 cm³/mol. The van der Waals surface area contributed by atoms with Crippen molar-refractivity contribution < 1.29 is 4.39 Å². The minimum absolute atomic E-state index is 0.00945. The van der Waals surface area contributed by atoms with Crippen LogP contribution in [0.1, 0.15) is 31.3 Å². The van der Waals surface area contributed by atoms with Crippen LogP contribution in [0.25, 0.3) is 0 Å². The maximum atomic E-state index is 13.0. The Labute approximate surface area is 105 Å². The highest BCUT2D eigenvalue weighted by molar-refractivity contribution is 5.14. The number of nitrogens with zero attached hydrogens (tertiary/aromatic N) is 4. The number of halogens is 1. The Kier molecular flexibility index (Phi) is 3.99. The third kappa shape index (κ3) is 2.89. The van der Waals surface area contributed by atoms with Crippen molar-refractivity contribution in [3.63, 3.8) is 0 Å². The largest absolute Gasteiger partial charge is 0.317 e. The molecule has 2 aromatic heterocycles. The standard InChI is InChI=1S/C12H16FN5/c1-3-18-8-16-17-12(18)7-15-9(2)10-4-11(13)6-14-5-10/h4-6,8-9,15H,3,7H2,1-2H3. The number of hydrogen-bond donors (Lipinski definition) is 1.